The first-order valence-electron chi connectivity index (χ1n) is 8.02. The molecule has 2 atom stereocenters. The van der Waals surface area contributed by atoms with Crippen molar-refractivity contribution < 1.29 is 9.59 Å². The molecule has 2 amide bonds. The summed E-state index contributed by atoms with van der Waals surface area (Å²) in [5, 5.41) is 6.38. The zero-order valence-electron chi connectivity index (χ0n) is 13.2. The maximum Gasteiger partial charge on any atom is 0.251 e. The Balaban J connectivity index is 1.40. The van der Waals surface area contributed by atoms with Crippen LogP contribution in [0.4, 0.5) is 0 Å². The number of nitrogens with one attached hydrogen (secondary N) is 2. The molecule has 4 nitrogen and oxygen atoms in total. The molecule has 0 saturated heterocycles. The van der Waals surface area contributed by atoms with Gasteiger partial charge in [0.1, 0.15) is 0 Å². The van der Waals surface area contributed by atoms with E-state index in [0.29, 0.717) is 23.7 Å². The molecule has 0 aromatic heterocycles. The van der Waals surface area contributed by atoms with Gasteiger partial charge < -0.3 is 10.6 Å². The SMILES string of the molecule is O=C(NCCNC(=O)C1CC1c1ccccc1Cl)c1ccccc1. The molecule has 0 heterocycles. The molecule has 3 rings (SSSR count). The summed E-state index contributed by atoms with van der Waals surface area (Å²) in [5.41, 5.74) is 1.65. The first-order valence-corrected chi connectivity index (χ1v) is 8.40. The molecule has 2 aromatic carbocycles. The van der Waals surface area contributed by atoms with Crippen LogP contribution >= 0.6 is 11.6 Å². The van der Waals surface area contributed by atoms with Crippen molar-refractivity contribution >= 4 is 23.4 Å². The van der Waals surface area contributed by atoms with Gasteiger partial charge in [0, 0.05) is 29.6 Å². The third-order valence-corrected chi connectivity index (χ3v) is 4.52. The van der Waals surface area contributed by atoms with E-state index in [4.69, 9.17) is 11.6 Å². The van der Waals surface area contributed by atoms with Crippen molar-refractivity contribution in [2.75, 3.05) is 13.1 Å². The molecular weight excluding hydrogens is 324 g/mol. The second-order valence-corrected chi connectivity index (χ2v) is 6.29. The van der Waals surface area contributed by atoms with Gasteiger partial charge in [0.2, 0.25) is 5.91 Å². The molecule has 2 aromatic rings. The van der Waals surface area contributed by atoms with Gasteiger partial charge in [-0.3, -0.25) is 9.59 Å². The van der Waals surface area contributed by atoms with Crippen LogP contribution in [0.2, 0.25) is 5.02 Å². The van der Waals surface area contributed by atoms with Crippen molar-refractivity contribution in [3.8, 4) is 0 Å². The number of hydrogen-bond acceptors (Lipinski definition) is 2. The average molecular weight is 343 g/mol. The second kappa shape index (κ2) is 7.49. The van der Waals surface area contributed by atoms with Crippen LogP contribution in [-0.2, 0) is 4.79 Å². The molecule has 124 valence electrons. The molecule has 24 heavy (non-hydrogen) atoms. The second-order valence-electron chi connectivity index (χ2n) is 5.88. The molecule has 1 aliphatic carbocycles. The van der Waals surface area contributed by atoms with Crippen LogP contribution in [0.3, 0.4) is 0 Å². The van der Waals surface area contributed by atoms with E-state index in [2.05, 4.69) is 10.6 Å². The Morgan fingerprint density at radius 1 is 0.958 bits per heavy atom. The number of halogens is 1. The molecular formula is C19H19ClN2O2. The van der Waals surface area contributed by atoms with E-state index in [0.717, 1.165) is 12.0 Å². The van der Waals surface area contributed by atoms with Crippen LogP contribution in [0, 0.1) is 5.92 Å². The van der Waals surface area contributed by atoms with E-state index >= 15 is 0 Å². The molecule has 0 radical (unpaired) electrons. The lowest BCUT2D eigenvalue weighted by atomic mass is 10.1. The van der Waals surface area contributed by atoms with Crippen LogP contribution in [-0.4, -0.2) is 24.9 Å². The fraction of sp³-hybridized carbons (Fsp3) is 0.263. The summed E-state index contributed by atoms with van der Waals surface area (Å²) in [6.45, 7) is 0.825. The molecule has 1 aliphatic rings. The minimum absolute atomic E-state index is 0.0188. The Bertz CT molecular complexity index is 733. The molecule has 0 bridgehead atoms. The molecule has 2 unspecified atom stereocenters. The third kappa shape index (κ3) is 3.95. The smallest absolute Gasteiger partial charge is 0.251 e. The highest BCUT2D eigenvalue weighted by Crippen LogP contribution is 2.49. The van der Waals surface area contributed by atoms with E-state index in [1.54, 1.807) is 12.1 Å². The summed E-state index contributed by atoms with van der Waals surface area (Å²) in [6.07, 6.45) is 0.825. The third-order valence-electron chi connectivity index (χ3n) is 4.18. The Labute approximate surface area is 146 Å². The van der Waals surface area contributed by atoms with Crippen LogP contribution in [0.5, 0.6) is 0 Å². The highest BCUT2D eigenvalue weighted by Gasteiger charge is 2.44. The largest absolute Gasteiger partial charge is 0.354 e. The van der Waals surface area contributed by atoms with Gasteiger partial charge in [0.15, 0.2) is 0 Å². The summed E-state index contributed by atoms with van der Waals surface area (Å²) in [4.78, 5) is 24.0. The maximum atomic E-state index is 12.1. The molecule has 0 aliphatic heterocycles. The van der Waals surface area contributed by atoms with Gasteiger partial charge in [-0.2, -0.15) is 0 Å². The predicted octanol–water partition coefficient (Wildman–Crippen LogP) is 2.99. The predicted molar refractivity (Wildman–Crippen MR) is 94.1 cm³/mol. The monoisotopic (exact) mass is 342 g/mol. The minimum Gasteiger partial charge on any atom is -0.354 e. The summed E-state index contributed by atoms with van der Waals surface area (Å²) < 4.78 is 0. The zero-order chi connectivity index (χ0) is 16.9. The summed E-state index contributed by atoms with van der Waals surface area (Å²) in [7, 11) is 0. The van der Waals surface area contributed by atoms with Crippen molar-refractivity contribution in [1.82, 2.24) is 10.6 Å². The number of amides is 2. The first kappa shape index (κ1) is 16.5. The van der Waals surface area contributed by atoms with Crippen LogP contribution in [0.25, 0.3) is 0 Å². The van der Waals surface area contributed by atoms with Gasteiger partial charge in [0.05, 0.1) is 0 Å². The Kier molecular flexibility index (Phi) is 5.16. The Morgan fingerprint density at radius 2 is 1.62 bits per heavy atom. The van der Waals surface area contributed by atoms with Gasteiger partial charge in [0.25, 0.3) is 5.91 Å². The fourth-order valence-corrected chi connectivity index (χ4v) is 3.06. The quantitative estimate of drug-likeness (QED) is 0.793. The minimum atomic E-state index is -0.134. The fourth-order valence-electron chi connectivity index (χ4n) is 2.79. The standard InChI is InChI=1S/C19H19ClN2O2/c20-17-9-5-4-8-14(17)15-12-16(15)19(24)22-11-10-21-18(23)13-6-2-1-3-7-13/h1-9,15-16H,10-12H2,(H,21,23)(H,22,24). The van der Waals surface area contributed by atoms with E-state index in [9.17, 15) is 9.59 Å². The molecule has 1 fully saturated rings. The molecule has 1 saturated carbocycles. The maximum absolute atomic E-state index is 12.1. The van der Waals surface area contributed by atoms with E-state index < -0.39 is 0 Å². The summed E-state index contributed by atoms with van der Waals surface area (Å²) >= 11 is 6.17. The van der Waals surface area contributed by atoms with E-state index in [1.807, 2.05) is 42.5 Å². The van der Waals surface area contributed by atoms with Crippen molar-refractivity contribution in [1.29, 1.82) is 0 Å². The van der Waals surface area contributed by atoms with E-state index in [1.165, 1.54) is 0 Å². The topological polar surface area (TPSA) is 58.2 Å². The lowest BCUT2D eigenvalue weighted by Gasteiger charge is -2.07. The summed E-state index contributed by atoms with van der Waals surface area (Å²) in [5.74, 6) is 0.0754. The van der Waals surface area contributed by atoms with Crippen LogP contribution < -0.4 is 10.6 Å². The van der Waals surface area contributed by atoms with Crippen molar-refractivity contribution in [2.24, 2.45) is 5.92 Å². The van der Waals surface area contributed by atoms with Crippen LogP contribution in [0.1, 0.15) is 28.3 Å². The summed E-state index contributed by atoms with van der Waals surface area (Å²) in [6, 6.07) is 16.7. The van der Waals surface area contributed by atoms with Crippen LogP contribution in [0.15, 0.2) is 54.6 Å². The van der Waals surface area contributed by atoms with Gasteiger partial charge in [-0.25, -0.2) is 0 Å². The first-order chi connectivity index (χ1) is 11.7. The van der Waals surface area contributed by atoms with Gasteiger partial charge in [-0.05, 0) is 36.1 Å². The van der Waals surface area contributed by atoms with E-state index in [-0.39, 0.29) is 23.7 Å². The lowest BCUT2D eigenvalue weighted by Crippen LogP contribution is -2.35. The number of rotatable bonds is 6. The average Bonchev–Trinajstić information content (AvgIpc) is 3.40. The normalized spacial score (nSPS) is 18.7. The number of hydrogen-bond donors (Lipinski definition) is 2. The zero-order valence-corrected chi connectivity index (χ0v) is 13.9. The number of carbonyl (C=O) groups is 2. The highest BCUT2D eigenvalue weighted by molar-refractivity contribution is 6.31. The number of benzene rings is 2. The Hall–Kier alpha value is -2.33. The molecule has 2 N–H and O–H groups in total. The van der Waals surface area contributed by atoms with Gasteiger partial charge >= 0.3 is 0 Å². The highest BCUT2D eigenvalue weighted by atomic mass is 35.5. The Morgan fingerprint density at radius 3 is 2.38 bits per heavy atom. The van der Waals surface area contributed by atoms with Crippen molar-refractivity contribution in [2.45, 2.75) is 12.3 Å². The van der Waals surface area contributed by atoms with Gasteiger partial charge in [-0.1, -0.05) is 48.0 Å². The lowest BCUT2D eigenvalue weighted by molar-refractivity contribution is -0.122. The molecule has 0 spiro atoms. The van der Waals surface area contributed by atoms with Crippen molar-refractivity contribution in [3.63, 3.8) is 0 Å². The number of carbonyl (C=O) groups excluding carboxylic acids is 2. The van der Waals surface area contributed by atoms with Gasteiger partial charge in [-0.15, -0.1) is 0 Å². The van der Waals surface area contributed by atoms with Crippen molar-refractivity contribution in [3.05, 3.63) is 70.7 Å². The molecule has 5 heteroatoms.